The second kappa shape index (κ2) is 4.67. The van der Waals surface area contributed by atoms with Gasteiger partial charge < -0.3 is 5.32 Å². The average Bonchev–Trinajstić information content (AvgIpc) is 2.90. The largest absolute Gasteiger partial charge is 0.317 e. The van der Waals surface area contributed by atoms with Crippen molar-refractivity contribution in [3.05, 3.63) is 42.4 Å². The summed E-state index contributed by atoms with van der Waals surface area (Å²) >= 11 is 0. The van der Waals surface area contributed by atoms with E-state index in [0.29, 0.717) is 5.92 Å². The Morgan fingerprint density at radius 3 is 2.76 bits per heavy atom. The summed E-state index contributed by atoms with van der Waals surface area (Å²) in [6.45, 7) is 2.19. The van der Waals surface area contributed by atoms with Crippen LogP contribution in [0.3, 0.4) is 0 Å². The average molecular weight is 228 g/mol. The lowest BCUT2D eigenvalue weighted by atomic mass is 9.94. The minimum absolute atomic E-state index is 0.598. The van der Waals surface area contributed by atoms with E-state index in [1.54, 1.807) is 0 Å². The van der Waals surface area contributed by atoms with Gasteiger partial charge in [-0.05, 0) is 44.1 Å². The second-order valence-corrected chi connectivity index (χ2v) is 4.38. The van der Waals surface area contributed by atoms with Crippen LogP contribution in [0.1, 0.15) is 24.5 Å². The fraction of sp³-hybridized carbons (Fsp3) is 0.385. The van der Waals surface area contributed by atoms with Crippen LogP contribution in [-0.4, -0.2) is 27.9 Å². The molecule has 3 heterocycles. The van der Waals surface area contributed by atoms with E-state index >= 15 is 0 Å². The summed E-state index contributed by atoms with van der Waals surface area (Å²) in [7, 11) is 0. The molecule has 0 aromatic carbocycles. The molecule has 0 spiro atoms. The number of piperidine rings is 1. The molecule has 4 nitrogen and oxygen atoms in total. The van der Waals surface area contributed by atoms with Gasteiger partial charge in [0.15, 0.2) is 5.82 Å². The monoisotopic (exact) mass is 228 g/mol. The normalized spacial score (nSPS) is 17.2. The van der Waals surface area contributed by atoms with Crippen LogP contribution in [0.5, 0.6) is 0 Å². The summed E-state index contributed by atoms with van der Waals surface area (Å²) < 4.78 is 1.97. The lowest BCUT2D eigenvalue weighted by Crippen LogP contribution is -2.27. The van der Waals surface area contributed by atoms with E-state index in [-0.39, 0.29) is 0 Å². The molecule has 0 saturated carbocycles. The van der Waals surface area contributed by atoms with Crippen LogP contribution in [0.4, 0.5) is 0 Å². The van der Waals surface area contributed by atoms with E-state index in [2.05, 4.69) is 21.5 Å². The number of nitrogens with one attached hydrogen (secondary N) is 1. The Kier molecular flexibility index (Phi) is 2.88. The van der Waals surface area contributed by atoms with Crippen molar-refractivity contribution in [3.63, 3.8) is 0 Å². The molecule has 17 heavy (non-hydrogen) atoms. The predicted molar refractivity (Wildman–Crippen MR) is 66.2 cm³/mol. The molecule has 0 bridgehead atoms. The molecule has 1 aliphatic heterocycles. The molecule has 1 aliphatic rings. The zero-order chi connectivity index (χ0) is 11.5. The summed E-state index contributed by atoms with van der Waals surface area (Å²) in [5.74, 6) is 1.51. The number of pyridine rings is 1. The van der Waals surface area contributed by atoms with Crippen molar-refractivity contribution >= 4 is 0 Å². The van der Waals surface area contributed by atoms with Crippen molar-refractivity contribution in [3.8, 4) is 5.82 Å². The Bertz CT molecular complexity index is 471. The van der Waals surface area contributed by atoms with Crippen molar-refractivity contribution < 1.29 is 0 Å². The third kappa shape index (κ3) is 2.08. The van der Waals surface area contributed by atoms with Crippen LogP contribution >= 0.6 is 0 Å². The third-order valence-corrected chi connectivity index (χ3v) is 3.30. The molecule has 0 unspecified atom stereocenters. The summed E-state index contributed by atoms with van der Waals surface area (Å²) in [6.07, 6.45) is 6.03. The van der Waals surface area contributed by atoms with E-state index in [1.165, 1.54) is 18.5 Å². The Balaban J connectivity index is 1.93. The first-order valence-corrected chi connectivity index (χ1v) is 6.11. The summed E-state index contributed by atoms with van der Waals surface area (Å²) in [4.78, 5) is 4.36. The zero-order valence-corrected chi connectivity index (χ0v) is 9.71. The lowest BCUT2D eigenvalue weighted by molar-refractivity contribution is 0.445. The van der Waals surface area contributed by atoms with Crippen LogP contribution in [0, 0.1) is 0 Å². The summed E-state index contributed by atoms with van der Waals surface area (Å²) in [5, 5.41) is 7.79. The van der Waals surface area contributed by atoms with Crippen molar-refractivity contribution in [1.82, 2.24) is 20.1 Å². The maximum absolute atomic E-state index is 4.40. The molecule has 1 saturated heterocycles. The number of hydrogen-bond acceptors (Lipinski definition) is 3. The Morgan fingerprint density at radius 2 is 2.00 bits per heavy atom. The topological polar surface area (TPSA) is 42.7 Å². The van der Waals surface area contributed by atoms with E-state index < -0.39 is 0 Å². The van der Waals surface area contributed by atoms with E-state index in [0.717, 1.165) is 18.9 Å². The molecule has 1 fully saturated rings. The molecule has 4 heteroatoms. The fourth-order valence-corrected chi connectivity index (χ4v) is 2.41. The minimum atomic E-state index is 0.598. The molecule has 1 N–H and O–H groups in total. The van der Waals surface area contributed by atoms with Gasteiger partial charge in [-0.25, -0.2) is 9.67 Å². The lowest BCUT2D eigenvalue weighted by Gasteiger charge is -2.23. The van der Waals surface area contributed by atoms with Gasteiger partial charge in [-0.2, -0.15) is 5.10 Å². The first-order chi connectivity index (χ1) is 8.45. The Morgan fingerprint density at radius 1 is 1.12 bits per heavy atom. The molecule has 2 aromatic heterocycles. The summed E-state index contributed by atoms with van der Waals surface area (Å²) in [5.41, 5.74) is 1.28. The number of nitrogens with zero attached hydrogens (tertiary/aromatic N) is 3. The molecular weight excluding hydrogens is 212 g/mol. The molecule has 88 valence electrons. The molecule has 0 radical (unpaired) electrons. The molecular formula is C13H16N4. The molecule has 3 rings (SSSR count). The number of aromatic nitrogens is 3. The van der Waals surface area contributed by atoms with Crippen LogP contribution in [0.15, 0.2) is 36.7 Å². The van der Waals surface area contributed by atoms with Gasteiger partial charge in [0.25, 0.3) is 0 Å². The first kappa shape index (κ1) is 10.5. The van der Waals surface area contributed by atoms with Gasteiger partial charge in [0.2, 0.25) is 0 Å². The Labute approximate surface area is 101 Å². The van der Waals surface area contributed by atoms with Crippen LogP contribution in [-0.2, 0) is 0 Å². The fourth-order valence-electron chi connectivity index (χ4n) is 2.41. The van der Waals surface area contributed by atoms with Gasteiger partial charge in [-0.3, -0.25) is 0 Å². The van der Waals surface area contributed by atoms with Crippen LogP contribution in [0.2, 0.25) is 0 Å². The highest BCUT2D eigenvalue weighted by Crippen LogP contribution is 2.26. The van der Waals surface area contributed by atoms with Gasteiger partial charge in [-0.15, -0.1) is 0 Å². The SMILES string of the molecule is c1ccc(-n2nccc2C2CCNCC2)nc1. The Hall–Kier alpha value is -1.68. The van der Waals surface area contributed by atoms with Gasteiger partial charge >= 0.3 is 0 Å². The highest BCUT2D eigenvalue weighted by atomic mass is 15.3. The van der Waals surface area contributed by atoms with Crippen molar-refractivity contribution in [2.45, 2.75) is 18.8 Å². The van der Waals surface area contributed by atoms with Crippen molar-refractivity contribution in [1.29, 1.82) is 0 Å². The van der Waals surface area contributed by atoms with Gasteiger partial charge in [0, 0.05) is 24.0 Å². The standard InChI is InChI=1S/C13H16N4/c1-2-7-15-13(3-1)17-12(6-10-16-17)11-4-8-14-9-5-11/h1-3,6-7,10-11,14H,4-5,8-9H2. The summed E-state index contributed by atoms with van der Waals surface area (Å²) in [6, 6.07) is 8.04. The van der Waals surface area contributed by atoms with E-state index in [4.69, 9.17) is 0 Å². The molecule has 0 amide bonds. The maximum atomic E-state index is 4.40. The van der Waals surface area contributed by atoms with Gasteiger partial charge in [0.05, 0.1) is 0 Å². The highest BCUT2D eigenvalue weighted by Gasteiger charge is 2.19. The molecule has 2 aromatic rings. The van der Waals surface area contributed by atoms with Crippen molar-refractivity contribution in [2.75, 3.05) is 13.1 Å². The molecule has 0 atom stereocenters. The smallest absolute Gasteiger partial charge is 0.153 e. The van der Waals surface area contributed by atoms with Crippen molar-refractivity contribution in [2.24, 2.45) is 0 Å². The van der Waals surface area contributed by atoms with Gasteiger partial charge in [0.1, 0.15) is 0 Å². The van der Waals surface area contributed by atoms with E-state index in [1.807, 2.05) is 35.3 Å². The number of hydrogen-bond donors (Lipinski definition) is 1. The van der Waals surface area contributed by atoms with E-state index in [9.17, 15) is 0 Å². The molecule has 0 aliphatic carbocycles. The maximum Gasteiger partial charge on any atom is 0.153 e. The third-order valence-electron chi connectivity index (χ3n) is 3.30. The van der Waals surface area contributed by atoms with Gasteiger partial charge in [-0.1, -0.05) is 6.07 Å². The predicted octanol–water partition coefficient (Wildman–Crippen LogP) is 1.73. The van der Waals surface area contributed by atoms with Crippen LogP contribution in [0.25, 0.3) is 5.82 Å². The first-order valence-electron chi connectivity index (χ1n) is 6.11. The quantitative estimate of drug-likeness (QED) is 0.851. The zero-order valence-electron chi connectivity index (χ0n) is 9.71. The highest BCUT2D eigenvalue weighted by molar-refractivity contribution is 5.25. The van der Waals surface area contributed by atoms with Crippen LogP contribution < -0.4 is 5.32 Å². The second-order valence-electron chi connectivity index (χ2n) is 4.38. The number of rotatable bonds is 2. The minimum Gasteiger partial charge on any atom is -0.317 e.